The van der Waals surface area contributed by atoms with E-state index < -0.39 is 11.7 Å². The summed E-state index contributed by atoms with van der Waals surface area (Å²) in [6, 6.07) is 7.13. The number of pyridine rings is 1. The predicted octanol–water partition coefficient (Wildman–Crippen LogP) is 2.94. The number of aromatic nitrogens is 1. The summed E-state index contributed by atoms with van der Waals surface area (Å²) in [5.41, 5.74) is 0.896. The van der Waals surface area contributed by atoms with Crippen molar-refractivity contribution >= 4 is 34.9 Å². The predicted molar refractivity (Wildman–Crippen MR) is 80.3 cm³/mol. The summed E-state index contributed by atoms with van der Waals surface area (Å²) >= 11 is 5.73. The number of nitrogens with zero attached hydrogens (tertiary/aromatic N) is 1. The summed E-state index contributed by atoms with van der Waals surface area (Å²) in [7, 11) is 0. The van der Waals surface area contributed by atoms with Gasteiger partial charge in [-0.3, -0.25) is 9.59 Å². The molecule has 0 radical (unpaired) electrons. The van der Waals surface area contributed by atoms with Crippen LogP contribution in [0.15, 0.2) is 36.5 Å². The maximum atomic E-state index is 13.3. The molecule has 7 heteroatoms. The van der Waals surface area contributed by atoms with Crippen LogP contribution in [-0.4, -0.2) is 16.8 Å². The molecule has 0 saturated heterocycles. The van der Waals surface area contributed by atoms with Crippen LogP contribution in [0.25, 0.3) is 0 Å². The van der Waals surface area contributed by atoms with Gasteiger partial charge in [-0.2, -0.15) is 0 Å². The lowest BCUT2D eigenvalue weighted by Crippen LogP contribution is -2.31. The number of anilines is 2. The molecule has 0 fully saturated rings. The molecule has 1 aliphatic rings. The molecule has 2 N–H and O–H groups in total. The van der Waals surface area contributed by atoms with Gasteiger partial charge in [-0.05, 0) is 29.8 Å². The van der Waals surface area contributed by atoms with E-state index in [2.05, 4.69) is 15.6 Å². The Balaban J connectivity index is 1.86. The summed E-state index contributed by atoms with van der Waals surface area (Å²) in [4.78, 5) is 28.1. The van der Waals surface area contributed by atoms with Gasteiger partial charge in [0.25, 0.3) is 0 Å². The molecule has 1 aliphatic heterocycles. The first kappa shape index (κ1) is 14.5. The third kappa shape index (κ3) is 2.92. The molecule has 5 nitrogen and oxygen atoms in total. The number of halogens is 2. The van der Waals surface area contributed by atoms with Gasteiger partial charge < -0.3 is 10.6 Å². The number of amides is 2. The van der Waals surface area contributed by atoms with Crippen LogP contribution in [0, 0.1) is 5.82 Å². The molecule has 1 aromatic heterocycles. The van der Waals surface area contributed by atoms with E-state index >= 15 is 0 Å². The molecule has 22 heavy (non-hydrogen) atoms. The SMILES string of the molecule is O=C1CC(C(=O)Nc2ccc(Cl)cn2)c2ccc(F)cc2N1. The first-order chi connectivity index (χ1) is 10.5. The molecule has 2 aromatic rings. The molecule has 0 aliphatic carbocycles. The Hall–Kier alpha value is -2.47. The monoisotopic (exact) mass is 319 g/mol. The number of fused-ring (bicyclic) bond motifs is 1. The summed E-state index contributed by atoms with van der Waals surface area (Å²) in [5, 5.41) is 5.65. The minimum atomic E-state index is -0.693. The van der Waals surface area contributed by atoms with Crippen molar-refractivity contribution in [2.45, 2.75) is 12.3 Å². The standard InChI is InChI=1S/C15H11ClFN3O2/c16-8-1-4-13(18-7-8)20-15(22)11-6-14(21)19-12-5-9(17)2-3-10(11)12/h1-5,7,11H,6H2,(H,19,21)(H,18,20,22). The fraction of sp³-hybridized carbons (Fsp3) is 0.133. The number of benzene rings is 1. The van der Waals surface area contributed by atoms with Crippen molar-refractivity contribution in [2.24, 2.45) is 0 Å². The largest absolute Gasteiger partial charge is 0.326 e. The minimum Gasteiger partial charge on any atom is -0.326 e. The lowest BCUT2D eigenvalue weighted by Gasteiger charge is -2.24. The zero-order valence-electron chi connectivity index (χ0n) is 11.3. The second-order valence-corrected chi connectivity index (χ2v) is 5.32. The molecule has 3 rings (SSSR count). The fourth-order valence-corrected chi connectivity index (χ4v) is 2.45. The van der Waals surface area contributed by atoms with Gasteiger partial charge in [0, 0.05) is 18.3 Å². The minimum absolute atomic E-state index is 0.00193. The lowest BCUT2D eigenvalue weighted by molar-refractivity contribution is -0.123. The Morgan fingerprint density at radius 3 is 2.91 bits per heavy atom. The van der Waals surface area contributed by atoms with E-state index in [1.54, 1.807) is 12.1 Å². The molecule has 1 atom stereocenters. The molecule has 1 aromatic carbocycles. The van der Waals surface area contributed by atoms with Gasteiger partial charge in [-0.15, -0.1) is 0 Å². The van der Waals surface area contributed by atoms with E-state index in [1.165, 1.54) is 24.4 Å². The Labute approximate surface area is 130 Å². The van der Waals surface area contributed by atoms with E-state index in [1.807, 2.05) is 0 Å². The maximum Gasteiger partial charge on any atom is 0.233 e. The van der Waals surface area contributed by atoms with Crippen LogP contribution in [-0.2, 0) is 9.59 Å². The number of carbonyl (C=O) groups excluding carboxylic acids is 2. The van der Waals surface area contributed by atoms with Crippen LogP contribution in [0.5, 0.6) is 0 Å². The third-order valence-corrected chi connectivity index (χ3v) is 3.57. The summed E-state index contributed by atoms with van der Waals surface area (Å²) in [5.74, 6) is -1.54. The van der Waals surface area contributed by atoms with Crippen molar-refractivity contribution in [3.05, 3.63) is 52.9 Å². The molecular formula is C15H11ClFN3O2. The normalized spacial score (nSPS) is 16.6. The molecule has 0 spiro atoms. The summed E-state index contributed by atoms with van der Waals surface area (Å²) in [6.45, 7) is 0. The van der Waals surface area contributed by atoms with Crippen LogP contribution in [0.3, 0.4) is 0 Å². The highest BCUT2D eigenvalue weighted by Crippen LogP contribution is 2.33. The lowest BCUT2D eigenvalue weighted by atomic mass is 9.89. The van der Waals surface area contributed by atoms with Crippen LogP contribution in [0.4, 0.5) is 15.9 Å². The van der Waals surface area contributed by atoms with Gasteiger partial charge in [0.05, 0.1) is 10.9 Å². The molecule has 1 unspecified atom stereocenters. The van der Waals surface area contributed by atoms with Gasteiger partial charge >= 0.3 is 0 Å². The molecule has 2 heterocycles. The maximum absolute atomic E-state index is 13.3. The smallest absolute Gasteiger partial charge is 0.233 e. The Morgan fingerprint density at radius 1 is 1.36 bits per heavy atom. The van der Waals surface area contributed by atoms with Crippen molar-refractivity contribution < 1.29 is 14.0 Å². The van der Waals surface area contributed by atoms with Crippen LogP contribution in [0.1, 0.15) is 17.9 Å². The van der Waals surface area contributed by atoms with Crippen molar-refractivity contribution in [1.82, 2.24) is 4.98 Å². The molecule has 0 bridgehead atoms. The van der Waals surface area contributed by atoms with E-state index in [0.717, 1.165) is 0 Å². The van der Waals surface area contributed by atoms with Crippen molar-refractivity contribution in [2.75, 3.05) is 10.6 Å². The zero-order valence-corrected chi connectivity index (χ0v) is 12.0. The van der Waals surface area contributed by atoms with E-state index in [4.69, 9.17) is 11.6 Å². The van der Waals surface area contributed by atoms with Crippen molar-refractivity contribution in [1.29, 1.82) is 0 Å². The average molecular weight is 320 g/mol. The van der Waals surface area contributed by atoms with E-state index in [9.17, 15) is 14.0 Å². The van der Waals surface area contributed by atoms with Crippen molar-refractivity contribution in [3.63, 3.8) is 0 Å². The number of carbonyl (C=O) groups is 2. The van der Waals surface area contributed by atoms with Gasteiger partial charge in [-0.1, -0.05) is 17.7 Å². The van der Waals surface area contributed by atoms with Gasteiger partial charge in [-0.25, -0.2) is 9.37 Å². The fourth-order valence-electron chi connectivity index (χ4n) is 2.33. The number of hydrogen-bond donors (Lipinski definition) is 2. The summed E-state index contributed by atoms with van der Waals surface area (Å²) < 4.78 is 13.3. The quantitative estimate of drug-likeness (QED) is 0.894. The highest BCUT2D eigenvalue weighted by Gasteiger charge is 2.31. The zero-order chi connectivity index (χ0) is 15.7. The van der Waals surface area contributed by atoms with Crippen LogP contribution in [0.2, 0.25) is 5.02 Å². The highest BCUT2D eigenvalue weighted by atomic mass is 35.5. The van der Waals surface area contributed by atoms with Gasteiger partial charge in [0.1, 0.15) is 11.6 Å². The first-order valence-corrected chi connectivity index (χ1v) is 6.92. The van der Waals surface area contributed by atoms with Gasteiger partial charge in [0.2, 0.25) is 11.8 Å². The molecule has 2 amide bonds. The Bertz CT molecular complexity index is 749. The third-order valence-electron chi connectivity index (χ3n) is 3.35. The van der Waals surface area contributed by atoms with E-state index in [-0.39, 0.29) is 18.2 Å². The summed E-state index contributed by atoms with van der Waals surface area (Å²) in [6.07, 6.45) is 1.41. The molecule has 0 saturated carbocycles. The average Bonchev–Trinajstić information content (AvgIpc) is 2.48. The Kier molecular flexibility index (Phi) is 3.77. The van der Waals surface area contributed by atoms with Gasteiger partial charge in [0.15, 0.2) is 0 Å². The number of hydrogen-bond acceptors (Lipinski definition) is 3. The van der Waals surface area contributed by atoms with E-state index in [0.29, 0.717) is 22.1 Å². The Morgan fingerprint density at radius 2 is 2.18 bits per heavy atom. The van der Waals surface area contributed by atoms with Crippen molar-refractivity contribution in [3.8, 4) is 0 Å². The second kappa shape index (κ2) is 5.73. The first-order valence-electron chi connectivity index (χ1n) is 6.54. The van der Waals surface area contributed by atoms with Crippen LogP contribution >= 0.6 is 11.6 Å². The number of rotatable bonds is 2. The molecule has 112 valence electrons. The number of nitrogens with one attached hydrogen (secondary N) is 2. The molecular weight excluding hydrogens is 309 g/mol. The highest BCUT2D eigenvalue weighted by molar-refractivity contribution is 6.30. The topological polar surface area (TPSA) is 71.1 Å². The van der Waals surface area contributed by atoms with Crippen LogP contribution < -0.4 is 10.6 Å². The second-order valence-electron chi connectivity index (χ2n) is 4.89.